The lowest BCUT2D eigenvalue weighted by Crippen LogP contribution is -2.53. The average molecular weight is 539 g/mol. The fourth-order valence-corrected chi connectivity index (χ4v) is 5.47. The highest BCUT2D eigenvalue weighted by Crippen LogP contribution is 2.32. The summed E-state index contributed by atoms with van der Waals surface area (Å²) >= 11 is 1.78. The summed E-state index contributed by atoms with van der Waals surface area (Å²) in [5.74, 6) is -1.32. The number of nitrogens with zero attached hydrogens (tertiary/aromatic N) is 3. The molecule has 10 heteroatoms. The Bertz CT molecular complexity index is 1290. The number of hydrogen-bond acceptors (Lipinski definition) is 7. The van der Waals surface area contributed by atoms with Gasteiger partial charge in [0.15, 0.2) is 5.84 Å². The predicted octanol–water partition coefficient (Wildman–Crippen LogP) is 4.42. The number of hydrogen-bond donors (Lipinski definition) is 3. The Labute approximate surface area is 224 Å². The Morgan fingerprint density at radius 1 is 1.11 bits per heavy atom. The number of fused-ring (bicyclic) bond motifs is 2. The van der Waals surface area contributed by atoms with Crippen molar-refractivity contribution in [2.24, 2.45) is 4.99 Å². The standard InChI is InChI=1S/C24H25FN4S.C4H6O4/c1-16-27-23-22(30-16)14-18-4-2-3-5-21(18)28-24(23)29-13-12-26-20(15-29)11-8-17-6-9-19(25)10-7-17;5-3(6)1-2-4(7)8/h2-7,9-10,20,26H,8,11-15H2,1H3;1-2H2,(H,5,6)(H,7,8)/t20-;/m0./s1. The highest BCUT2D eigenvalue weighted by atomic mass is 32.1. The minimum Gasteiger partial charge on any atom is -0.481 e. The molecular weight excluding hydrogens is 507 g/mol. The van der Waals surface area contributed by atoms with Crippen LogP contribution >= 0.6 is 11.3 Å². The van der Waals surface area contributed by atoms with Crippen molar-refractivity contribution < 1.29 is 24.2 Å². The van der Waals surface area contributed by atoms with Gasteiger partial charge in [0.25, 0.3) is 0 Å². The SMILES string of the molecule is Cc1nc2c(s1)Cc1ccccc1N=C2N1CCN[C@@H](CCc2ccc(F)cc2)C1.O=C(O)CCC(=O)O. The Hall–Kier alpha value is -3.63. The monoisotopic (exact) mass is 538 g/mol. The molecular formula is C28H31FN4O4S. The number of aliphatic imine (C=N–C) groups is 1. The lowest BCUT2D eigenvalue weighted by Gasteiger charge is -2.35. The van der Waals surface area contributed by atoms with Crippen LogP contribution in [0.5, 0.6) is 0 Å². The van der Waals surface area contributed by atoms with Crippen LogP contribution in [0.1, 0.15) is 46.0 Å². The maximum atomic E-state index is 13.2. The summed E-state index contributed by atoms with van der Waals surface area (Å²) in [6.07, 6.45) is 2.24. The molecule has 1 fully saturated rings. The normalized spacial score (nSPS) is 16.3. The van der Waals surface area contributed by atoms with Crippen LogP contribution in [0.2, 0.25) is 0 Å². The van der Waals surface area contributed by atoms with Gasteiger partial charge in [-0.25, -0.2) is 14.4 Å². The van der Waals surface area contributed by atoms with Crippen LogP contribution in [-0.2, 0) is 22.4 Å². The van der Waals surface area contributed by atoms with E-state index in [2.05, 4.69) is 41.4 Å². The molecule has 5 rings (SSSR count). The number of para-hydroxylation sites is 1. The smallest absolute Gasteiger partial charge is 0.303 e. The summed E-state index contributed by atoms with van der Waals surface area (Å²) in [5, 5.41) is 20.5. The summed E-state index contributed by atoms with van der Waals surface area (Å²) < 4.78 is 13.2. The van der Waals surface area contributed by atoms with Crippen LogP contribution in [0.15, 0.2) is 53.5 Å². The van der Waals surface area contributed by atoms with Gasteiger partial charge in [-0.3, -0.25) is 9.59 Å². The summed E-state index contributed by atoms with van der Waals surface area (Å²) in [4.78, 5) is 32.9. The average Bonchev–Trinajstić information content (AvgIpc) is 3.19. The molecule has 0 unspecified atom stereocenters. The van der Waals surface area contributed by atoms with Crippen LogP contribution < -0.4 is 5.32 Å². The number of rotatable bonds is 6. The maximum Gasteiger partial charge on any atom is 0.303 e. The van der Waals surface area contributed by atoms with Crippen LogP contribution in [0.3, 0.4) is 0 Å². The first-order valence-electron chi connectivity index (χ1n) is 12.6. The number of benzene rings is 2. The predicted molar refractivity (Wildman–Crippen MR) is 145 cm³/mol. The highest BCUT2D eigenvalue weighted by Gasteiger charge is 2.28. The van der Waals surface area contributed by atoms with E-state index >= 15 is 0 Å². The first kappa shape index (κ1) is 27.4. The number of carbonyl (C=O) groups is 2. The number of aryl methyl sites for hydroxylation is 2. The zero-order valence-electron chi connectivity index (χ0n) is 21.2. The quantitative estimate of drug-likeness (QED) is 0.426. The number of carboxylic acids is 2. The third kappa shape index (κ3) is 7.45. The number of thiazole rings is 1. The molecule has 1 saturated heterocycles. The molecule has 0 radical (unpaired) electrons. The zero-order valence-corrected chi connectivity index (χ0v) is 22.0. The molecule has 3 N–H and O–H groups in total. The molecule has 0 aliphatic carbocycles. The second-order valence-electron chi connectivity index (χ2n) is 9.30. The first-order valence-corrected chi connectivity index (χ1v) is 13.4. The van der Waals surface area contributed by atoms with Gasteiger partial charge in [0, 0.05) is 37.0 Å². The van der Waals surface area contributed by atoms with Crippen LogP contribution in [-0.4, -0.2) is 63.5 Å². The number of carboxylic acid groups (broad SMARTS) is 2. The molecule has 0 spiro atoms. The molecule has 2 aliphatic rings. The topological polar surface area (TPSA) is 115 Å². The first-order chi connectivity index (χ1) is 18.3. The van der Waals surface area contributed by atoms with E-state index < -0.39 is 11.9 Å². The van der Waals surface area contributed by atoms with E-state index in [4.69, 9.17) is 20.2 Å². The highest BCUT2D eigenvalue weighted by molar-refractivity contribution is 7.11. The number of amidine groups is 1. The Balaban J connectivity index is 0.000000368. The van der Waals surface area contributed by atoms with Crippen molar-refractivity contribution in [2.45, 2.75) is 45.1 Å². The molecule has 3 aromatic rings. The van der Waals surface area contributed by atoms with E-state index in [0.29, 0.717) is 6.04 Å². The summed E-state index contributed by atoms with van der Waals surface area (Å²) in [6, 6.07) is 15.6. The van der Waals surface area contributed by atoms with E-state index in [0.717, 1.165) is 61.1 Å². The lowest BCUT2D eigenvalue weighted by molar-refractivity contribution is -0.143. The molecule has 2 aliphatic heterocycles. The van der Waals surface area contributed by atoms with Crippen LogP contribution in [0.4, 0.5) is 10.1 Å². The van der Waals surface area contributed by atoms with E-state index in [1.165, 1.54) is 16.0 Å². The fourth-order valence-electron chi connectivity index (χ4n) is 4.51. The summed E-state index contributed by atoms with van der Waals surface area (Å²) in [7, 11) is 0. The van der Waals surface area contributed by atoms with Crippen LogP contribution in [0.25, 0.3) is 0 Å². The van der Waals surface area contributed by atoms with Gasteiger partial charge < -0.3 is 20.4 Å². The molecule has 0 bridgehead atoms. The molecule has 8 nitrogen and oxygen atoms in total. The minimum absolute atomic E-state index is 0.179. The van der Waals surface area contributed by atoms with Crippen molar-refractivity contribution in [1.29, 1.82) is 0 Å². The molecule has 0 saturated carbocycles. The van der Waals surface area contributed by atoms with Gasteiger partial charge in [-0.2, -0.15) is 0 Å². The van der Waals surface area contributed by atoms with E-state index in [1.54, 1.807) is 23.5 Å². The molecule has 2 aromatic carbocycles. The van der Waals surface area contributed by atoms with Crippen molar-refractivity contribution in [3.63, 3.8) is 0 Å². The van der Waals surface area contributed by atoms with E-state index in [9.17, 15) is 14.0 Å². The molecule has 1 atom stereocenters. The lowest BCUT2D eigenvalue weighted by atomic mass is 10.0. The number of aromatic nitrogens is 1. The Morgan fingerprint density at radius 3 is 2.53 bits per heavy atom. The summed E-state index contributed by atoms with van der Waals surface area (Å²) in [6.45, 7) is 4.82. The van der Waals surface area contributed by atoms with E-state index in [-0.39, 0.29) is 18.7 Å². The molecule has 200 valence electrons. The van der Waals surface area contributed by atoms with E-state index in [1.807, 2.05) is 12.1 Å². The van der Waals surface area contributed by atoms with Crippen molar-refractivity contribution in [3.05, 3.63) is 81.1 Å². The number of piperazine rings is 1. The molecule has 0 amide bonds. The van der Waals surface area contributed by atoms with Crippen molar-refractivity contribution >= 4 is 34.8 Å². The third-order valence-corrected chi connectivity index (χ3v) is 7.36. The molecule has 3 heterocycles. The maximum absolute atomic E-state index is 13.2. The third-order valence-electron chi connectivity index (χ3n) is 6.39. The summed E-state index contributed by atoms with van der Waals surface area (Å²) in [5.41, 5.74) is 4.54. The second-order valence-corrected chi connectivity index (χ2v) is 10.6. The second kappa shape index (κ2) is 12.7. The fraction of sp³-hybridized carbons (Fsp3) is 0.357. The largest absolute Gasteiger partial charge is 0.481 e. The zero-order chi connectivity index (χ0) is 27.1. The number of halogens is 1. The molecule has 1 aromatic heterocycles. The van der Waals surface area contributed by atoms with Crippen molar-refractivity contribution in [1.82, 2.24) is 15.2 Å². The van der Waals surface area contributed by atoms with Gasteiger partial charge in [0.2, 0.25) is 0 Å². The van der Waals surface area contributed by atoms with Gasteiger partial charge in [-0.05, 0) is 49.1 Å². The Morgan fingerprint density at radius 2 is 1.82 bits per heavy atom. The van der Waals surface area contributed by atoms with Crippen molar-refractivity contribution in [2.75, 3.05) is 19.6 Å². The van der Waals surface area contributed by atoms with Crippen LogP contribution in [0, 0.1) is 12.7 Å². The minimum atomic E-state index is -1.08. The van der Waals surface area contributed by atoms with Gasteiger partial charge in [-0.1, -0.05) is 30.3 Å². The van der Waals surface area contributed by atoms with Crippen molar-refractivity contribution in [3.8, 4) is 0 Å². The van der Waals surface area contributed by atoms with Gasteiger partial charge in [0.1, 0.15) is 11.5 Å². The van der Waals surface area contributed by atoms with Gasteiger partial charge in [0.05, 0.1) is 23.5 Å². The van der Waals surface area contributed by atoms with Gasteiger partial charge in [-0.15, -0.1) is 11.3 Å². The molecule has 38 heavy (non-hydrogen) atoms. The van der Waals surface area contributed by atoms with Gasteiger partial charge >= 0.3 is 11.9 Å². The number of nitrogens with one attached hydrogen (secondary N) is 1. The Kier molecular flexibility index (Phi) is 9.19. The number of aliphatic carboxylic acids is 2.